The van der Waals surface area contributed by atoms with Gasteiger partial charge in [0.05, 0.1) is 5.69 Å². The molecule has 0 amide bonds. The highest BCUT2D eigenvalue weighted by Gasteiger charge is 2.23. The lowest BCUT2D eigenvalue weighted by molar-refractivity contribution is 0.171. The Morgan fingerprint density at radius 2 is 1.71 bits per heavy atom. The molecule has 2 aliphatic heterocycles. The summed E-state index contributed by atoms with van der Waals surface area (Å²) in [6, 6.07) is 15.1. The highest BCUT2D eigenvalue weighted by Crippen LogP contribution is 2.39. The molecular weight excluding hydrogens is 386 g/mol. The summed E-state index contributed by atoms with van der Waals surface area (Å²) in [6.07, 6.45) is 5.97. The number of benzene rings is 2. The molecule has 3 aromatic rings. The molecule has 0 bridgehead atoms. The fourth-order valence-electron chi connectivity index (χ4n) is 4.83. The predicted molar refractivity (Wildman–Crippen MR) is 127 cm³/mol. The van der Waals surface area contributed by atoms with Gasteiger partial charge in [0.1, 0.15) is 13.2 Å². The van der Waals surface area contributed by atoms with Crippen molar-refractivity contribution < 1.29 is 9.47 Å². The summed E-state index contributed by atoms with van der Waals surface area (Å²) >= 11 is 0. The van der Waals surface area contributed by atoms with Crippen LogP contribution in [0.15, 0.2) is 48.7 Å². The van der Waals surface area contributed by atoms with Gasteiger partial charge < -0.3 is 18.9 Å². The van der Waals surface area contributed by atoms with Crippen LogP contribution in [-0.4, -0.2) is 55.4 Å². The lowest BCUT2D eigenvalue weighted by Gasteiger charge is -2.37. The van der Waals surface area contributed by atoms with Crippen molar-refractivity contribution in [3.8, 4) is 11.5 Å². The van der Waals surface area contributed by atoms with Crippen molar-refractivity contribution in [2.24, 2.45) is 0 Å². The Labute approximate surface area is 185 Å². The third kappa shape index (κ3) is 4.24. The number of unbranched alkanes of at least 4 members (excludes halogenated alkanes) is 1. The van der Waals surface area contributed by atoms with E-state index in [1.165, 1.54) is 35.0 Å². The predicted octanol–water partition coefficient (Wildman–Crippen LogP) is 4.58. The fraction of sp³-hybridized carbons (Fsp3) is 0.462. The van der Waals surface area contributed by atoms with E-state index in [0.29, 0.717) is 13.2 Å². The minimum absolute atomic E-state index is 0.635. The van der Waals surface area contributed by atoms with Crippen LogP contribution in [0.4, 0.5) is 5.69 Å². The summed E-state index contributed by atoms with van der Waals surface area (Å²) in [5.74, 6) is 1.80. The molecule has 0 unspecified atom stereocenters. The van der Waals surface area contributed by atoms with E-state index in [1.54, 1.807) is 0 Å². The summed E-state index contributed by atoms with van der Waals surface area (Å²) in [6.45, 7) is 9.98. The van der Waals surface area contributed by atoms with E-state index in [0.717, 1.165) is 57.2 Å². The SMILES string of the molecule is CCCCn1cc(CCN2CCN(c3cccc4c3OCCO4)CC2)c2ccccc21. The largest absolute Gasteiger partial charge is 0.486 e. The number of anilines is 1. The summed E-state index contributed by atoms with van der Waals surface area (Å²) in [5, 5.41) is 1.42. The quantitative estimate of drug-likeness (QED) is 0.561. The Hall–Kier alpha value is -2.66. The molecule has 0 N–H and O–H groups in total. The van der Waals surface area contributed by atoms with Gasteiger partial charge in [0.2, 0.25) is 0 Å². The van der Waals surface area contributed by atoms with E-state index in [4.69, 9.17) is 9.47 Å². The number of rotatable bonds is 7. The van der Waals surface area contributed by atoms with Crippen molar-refractivity contribution in [1.29, 1.82) is 0 Å². The van der Waals surface area contributed by atoms with Gasteiger partial charge in [0.25, 0.3) is 0 Å². The number of ether oxygens (including phenoxy) is 2. The molecule has 5 rings (SSSR count). The number of aryl methyl sites for hydroxylation is 1. The maximum atomic E-state index is 5.93. The second-order valence-corrected chi connectivity index (χ2v) is 8.60. The minimum Gasteiger partial charge on any atom is -0.486 e. The van der Waals surface area contributed by atoms with Crippen molar-refractivity contribution in [3.05, 3.63) is 54.2 Å². The summed E-state index contributed by atoms with van der Waals surface area (Å²) in [7, 11) is 0. The van der Waals surface area contributed by atoms with E-state index >= 15 is 0 Å². The lowest BCUT2D eigenvalue weighted by atomic mass is 10.1. The van der Waals surface area contributed by atoms with E-state index in [1.807, 2.05) is 6.07 Å². The molecule has 1 fully saturated rings. The number of aromatic nitrogens is 1. The second-order valence-electron chi connectivity index (χ2n) is 8.60. The molecule has 3 heterocycles. The molecule has 1 aromatic heterocycles. The van der Waals surface area contributed by atoms with Crippen LogP contribution in [0.1, 0.15) is 25.3 Å². The topological polar surface area (TPSA) is 29.9 Å². The molecule has 0 spiro atoms. The summed E-state index contributed by atoms with van der Waals surface area (Å²) in [5.41, 5.74) is 4.04. The van der Waals surface area contributed by atoms with Crippen molar-refractivity contribution in [1.82, 2.24) is 9.47 Å². The van der Waals surface area contributed by atoms with Crippen LogP contribution in [0.5, 0.6) is 11.5 Å². The lowest BCUT2D eigenvalue weighted by Crippen LogP contribution is -2.47. The first-order valence-electron chi connectivity index (χ1n) is 11.8. The van der Waals surface area contributed by atoms with Gasteiger partial charge in [-0.15, -0.1) is 0 Å². The van der Waals surface area contributed by atoms with E-state index in [9.17, 15) is 0 Å². The van der Waals surface area contributed by atoms with Gasteiger partial charge in [0, 0.05) is 56.4 Å². The van der Waals surface area contributed by atoms with Gasteiger partial charge in [-0.3, -0.25) is 4.90 Å². The van der Waals surface area contributed by atoms with Crippen molar-refractivity contribution in [3.63, 3.8) is 0 Å². The molecule has 2 aromatic carbocycles. The number of piperazine rings is 1. The Morgan fingerprint density at radius 3 is 2.58 bits per heavy atom. The number of hydrogen-bond acceptors (Lipinski definition) is 4. The third-order valence-corrected chi connectivity index (χ3v) is 6.58. The highest BCUT2D eigenvalue weighted by molar-refractivity contribution is 5.84. The maximum Gasteiger partial charge on any atom is 0.184 e. The summed E-state index contributed by atoms with van der Waals surface area (Å²) in [4.78, 5) is 5.04. The smallest absolute Gasteiger partial charge is 0.184 e. The molecular formula is C26H33N3O2. The van der Waals surface area contributed by atoms with Crippen LogP contribution in [0, 0.1) is 0 Å². The Kier molecular flexibility index (Phi) is 6.03. The molecule has 0 aliphatic carbocycles. The van der Waals surface area contributed by atoms with Crippen LogP contribution in [-0.2, 0) is 13.0 Å². The van der Waals surface area contributed by atoms with Crippen LogP contribution in [0.2, 0.25) is 0 Å². The number of nitrogens with zero attached hydrogens (tertiary/aromatic N) is 3. The first kappa shape index (κ1) is 20.3. The first-order chi connectivity index (χ1) is 15.3. The van der Waals surface area contributed by atoms with Gasteiger partial charge in [-0.1, -0.05) is 37.6 Å². The zero-order chi connectivity index (χ0) is 21.0. The standard InChI is InChI=1S/C26H33N3O2/c1-2-3-12-29-20-21(22-7-4-5-8-23(22)29)11-13-27-14-16-28(17-15-27)24-9-6-10-25-26(24)31-19-18-30-25/h4-10,20H,2-3,11-19H2,1H3. The van der Waals surface area contributed by atoms with Gasteiger partial charge in [-0.05, 0) is 36.6 Å². The van der Waals surface area contributed by atoms with E-state index in [-0.39, 0.29) is 0 Å². The van der Waals surface area contributed by atoms with Gasteiger partial charge >= 0.3 is 0 Å². The molecule has 5 heteroatoms. The highest BCUT2D eigenvalue weighted by atomic mass is 16.6. The zero-order valence-corrected chi connectivity index (χ0v) is 18.6. The molecule has 0 saturated carbocycles. The molecule has 5 nitrogen and oxygen atoms in total. The molecule has 2 aliphatic rings. The normalized spacial score (nSPS) is 16.7. The maximum absolute atomic E-state index is 5.93. The van der Waals surface area contributed by atoms with Crippen LogP contribution < -0.4 is 14.4 Å². The van der Waals surface area contributed by atoms with E-state index < -0.39 is 0 Å². The Balaban J connectivity index is 1.21. The second kappa shape index (κ2) is 9.23. The molecule has 31 heavy (non-hydrogen) atoms. The van der Waals surface area contributed by atoms with E-state index in [2.05, 4.69) is 63.9 Å². The fourth-order valence-corrected chi connectivity index (χ4v) is 4.83. The molecule has 0 radical (unpaired) electrons. The average Bonchev–Trinajstić information content (AvgIpc) is 3.19. The molecule has 164 valence electrons. The number of para-hydroxylation sites is 2. The van der Waals surface area contributed by atoms with Crippen molar-refractivity contribution >= 4 is 16.6 Å². The van der Waals surface area contributed by atoms with Crippen LogP contribution in [0.3, 0.4) is 0 Å². The van der Waals surface area contributed by atoms with Gasteiger partial charge in [0.15, 0.2) is 11.5 Å². The average molecular weight is 420 g/mol. The monoisotopic (exact) mass is 419 g/mol. The number of fused-ring (bicyclic) bond motifs is 2. The van der Waals surface area contributed by atoms with Gasteiger partial charge in [-0.25, -0.2) is 0 Å². The van der Waals surface area contributed by atoms with Gasteiger partial charge in [-0.2, -0.15) is 0 Å². The Morgan fingerprint density at radius 1 is 0.871 bits per heavy atom. The summed E-state index contributed by atoms with van der Waals surface area (Å²) < 4.78 is 14.1. The Bertz CT molecular complexity index is 1020. The molecule has 1 saturated heterocycles. The zero-order valence-electron chi connectivity index (χ0n) is 18.6. The number of hydrogen-bond donors (Lipinski definition) is 0. The van der Waals surface area contributed by atoms with Crippen molar-refractivity contribution in [2.45, 2.75) is 32.7 Å². The third-order valence-electron chi connectivity index (χ3n) is 6.58. The van der Waals surface area contributed by atoms with Crippen molar-refractivity contribution in [2.75, 3.05) is 50.8 Å². The first-order valence-corrected chi connectivity index (χ1v) is 11.8. The minimum atomic E-state index is 0.635. The van der Waals surface area contributed by atoms with Crippen LogP contribution >= 0.6 is 0 Å². The van der Waals surface area contributed by atoms with Crippen LogP contribution in [0.25, 0.3) is 10.9 Å². The molecule has 0 atom stereocenters.